The summed E-state index contributed by atoms with van der Waals surface area (Å²) in [6.45, 7) is 6.67. The number of para-hydroxylation sites is 1. The van der Waals surface area contributed by atoms with Crippen molar-refractivity contribution >= 4 is 33.6 Å². The van der Waals surface area contributed by atoms with E-state index in [0.717, 1.165) is 32.4 Å². The maximum Gasteiger partial charge on any atom is 0.248 e. The van der Waals surface area contributed by atoms with Crippen molar-refractivity contribution < 1.29 is 14.3 Å². The Balaban J connectivity index is 1.75. The Kier molecular flexibility index (Phi) is 8.12. The van der Waals surface area contributed by atoms with Gasteiger partial charge in [0.1, 0.15) is 6.61 Å². The standard InChI is InChI=1S/C27H28BrNO3/c1-18(2)22-12-8-9-19(3)26(22)29-25(30)14-13-21-15-23(28)27(24(16-21)31-4)32-17-20-10-6-5-7-11-20/h5-16,18H,17H2,1-4H3,(H,29,30)/b14-13+. The molecule has 0 fully saturated rings. The van der Waals surface area contributed by atoms with Crippen LogP contribution in [0.25, 0.3) is 6.08 Å². The minimum atomic E-state index is -0.180. The van der Waals surface area contributed by atoms with E-state index in [9.17, 15) is 4.79 Å². The average Bonchev–Trinajstić information content (AvgIpc) is 2.78. The first-order valence-corrected chi connectivity index (χ1v) is 11.3. The molecule has 5 heteroatoms. The summed E-state index contributed by atoms with van der Waals surface area (Å²) in [6, 6.07) is 19.8. The molecule has 0 saturated heterocycles. The van der Waals surface area contributed by atoms with E-state index in [2.05, 4.69) is 35.1 Å². The number of aryl methyl sites for hydroxylation is 1. The number of halogens is 1. The highest BCUT2D eigenvalue weighted by molar-refractivity contribution is 9.10. The van der Waals surface area contributed by atoms with Gasteiger partial charge in [-0.05, 0) is 69.2 Å². The Morgan fingerprint density at radius 3 is 2.53 bits per heavy atom. The maximum absolute atomic E-state index is 12.6. The second-order valence-corrected chi connectivity index (χ2v) is 8.68. The fourth-order valence-electron chi connectivity index (χ4n) is 3.38. The van der Waals surface area contributed by atoms with Crippen molar-refractivity contribution in [3.63, 3.8) is 0 Å². The fraction of sp³-hybridized carbons (Fsp3) is 0.222. The molecule has 1 N–H and O–H groups in total. The first-order chi connectivity index (χ1) is 15.4. The number of carbonyl (C=O) groups excluding carboxylic acids is 1. The number of methoxy groups -OCH3 is 1. The zero-order chi connectivity index (χ0) is 23.1. The molecule has 0 aliphatic rings. The van der Waals surface area contributed by atoms with E-state index in [4.69, 9.17) is 9.47 Å². The first kappa shape index (κ1) is 23.6. The van der Waals surface area contributed by atoms with E-state index in [1.54, 1.807) is 13.2 Å². The molecule has 3 rings (SSSR count). The van der Waals surface area contributed by atoms with Crippen LogP contribution >= 0.6 is 15.9 Å². The van der Waals surface area contributed by atoms with Gasteiger partial charge in [-0.2, -0.15) is 0 Å². The van der Waals surface area contributed by atoms with Crippen LogP contribution in [0.2, 0.25) is 0 Å². The smallest absolute Gasteiger partial charge is 0.248 e. The van der Waals surface area contributed by atoms with Crippen molar-refractivity contribution in [2.75, 3.05) is 12.4 Å². The Hall–Kier alpha value is -3.05. The maximum atomic E-state index is 12.6. The molecule has 0 saturated carbocycles. The van der Waals surface area contributed by atoms with Gasteiger partial charge in [-0.1, -0.05) is 62.4 Å². The molecule has 0 unspecified atom stereocenters. The molecule has 3 aromatic rings. The predicted octanol–water partition coefficient (Wildman–Crippen LogP) is 7.12. The number of hydrogen-bond acceptors (Lipinski definition) is 3. The number of nitrogens with one attached hydrogen (secondary N) is 1. The van der Waals surface area contributed by atoms with Gasteiger partial charge in [-0.25, -0.2) is 0 Å². The van der Waals surface area contributed by atoms with Crippen molar-refractivity contribution in [1.82, 2.24) is 0 Å². The van der Waals surface area contributed by atoms with Crippen LogP contribution in [0.4, 0.5) is 5.69 Å². The number of benzene rings is 3. The lowest BCUT2D eigenvalue weighted by Crippen LogP contribution is -2.11. The number of amides is 1. The van der Waals surface area contributed by atoms with Crippen molar-refractivity contribution in [3.8, 4) is 11.5 Å². The molecule has 0 radical (unpaired) electrons. The topological polar surface area (TPSA) is 47.6 Å². The van der Waals surface area contributed by atoms with Crippen LogP contribution in [-0.2, 0) is 11.4 Å². The van der Waals surface area contributed by atoms with Crippen LogP contribution in [0.3, 0.4) is 0 Å². The summed E-state index contributed by atoms with van der Waals surface area (Å²) in [5.41, 5.74) is 4.93. The fourth-order valence-corrected chi connectivity index (χ4v) is 3.96. The highest BCUT2D eigenvalue weighted by Gasteiger charge is 2.13. The van der Waals surface area contributed by atoms with E-state index in [1.165, 1.54) is 6.08 Å². The van der Waals surface area contributed by atoms with Crippen LogP contribution in [0.5, 0.6) is 11.5 Å². The number of hydrogen-bond donors (Lipinski definition) is 1. The minimum absolute atomic E-state index is 0.180. The lowest BCUT2D eigenvalue weighted by Gasteiger charge is -2.15. The number of anilines is 1. The third kappa shape index (κ3) is 6.01. The molecular formula is C27H28BrNO3. The van der Waals surface area contributed by atoms with Crippen molar-refractivity contribution in [3.05, 3.63) is 93.5 Å². The monoisotopic (exact) mass is 493 g/mol. The third-order valence-electron chi connectivity index (χ3n) is 5.08. The van der Waals surface area contributed by atoms with Gasteiger partial charge in [0.25, 0.3) is 0 Å². The summed E-state index contributed by atoms with van der Waals surface area (Å²) in [6.07, 6.45) is 3.29. The molecule has 0 aliphatic heterocycles. The first-order valence-electron chi connectivity index (χ1n) is 10.5. The van der Waals surface area contributed by atoms with Gasteiger partial charge in [-0.15, -0.1) is 0 Å². The molecule has 0 spiro atoms. The van der Waals surface area contributed by atoms with Gasteiger partial charge in [-0.3, -0.25) is 4.79 Å². The summed E-state index contributed by atoms with van der Waals surface area (Å²) in [5.74, 6) is 1.36. The van der Waals surface area contributed by atoms with Crippen LogP contribution in [0.1, 0.15) is 42.0 Å². The Morgan fingerprint density at radius 1 is 1.09 bits per heavy atom. The van der Waals surface area contributed by atoms with Gasteiger partial charge in [0.2, 0.25) is 5.91 Å². The Labute approximate surface area is 198 Å². The molecule has 1 amide bonds. The molecule has 0 bridgehead atoms. The van der Waals surface area contributed by atoms with Crippen LogP contribution in [-0.4, -0.2) is 13.0 Å². The zero-order valence-corrected chi connectivity index (χ0v) is 20.4. The highest BCUT2D eigenvalue weighted by Crippen LogP contribution is 2.37. The lowest BCUT2D eigenvalue weighted by atomic mass is 9.98. The summed E-state index contributed by atoms with van der Waals surface area (Å²) >= 11 is 3.57. The second-order valence-electron chi connectivity index (χ2n) is 7.82. The summed E-state index contributed by atoms with van der Waals surface area (Å²) in [5, 5.41) is 3.03. The number of ether oxygens (including phenoxy) is 2. The SMILES string of the molecule is COc1cc(/C=C/C(=O)Nc2c(C)cccc2C(C)C)cc(Br)c1OCc1ccccc1. The van der Waals surface area contributed by atoms with Crippen molar-refractivity contribution in [2.45, 2.75) is 33.3 Å². The summed E-state index contributed by atoms with van der Waals surface area (Å²) in [7, 11) is 1.60. The number of carbonyl (C=O) groups is 1. The van der Waals surface area contributed by atoms with Gasteiger partial charge in [0.05, 0.1) is 11.6 Å². The van der Waals surface area contributed by atoms with E-state index in [0.29, 0.717) is 24.0 Å². The van der Waals surface area contributed by atoms with Crippen LogP contribution < -0.4 is 14.8 Å². The molecule has 4 nitrogen and oxygen atoms in total. The lowest BCUT2D eigenvalue weighted by molar-refractivity contribution is -0.111. The summed E-state index contributed by atoms with van der Waals surface area (Å²) in [4.78, 5) is 12.6. The number of rotatable bonds is 8. The normalized spacial score (nSPS) is 11.1. The van der Waals surface area contributed by atoms with Crippen molar-refractivity contribution in [2.24, 2.45) is 0 Å². The third-order valence-corrected chi connectivity index (χ3v) is 5.67. The molecule has 0 atom stereocenters. The largest absolute Gasteiger partial charge is 0.493 e. The summed E-state index contributed by atoms with van der Waals surface area (Å²) < 4.78 is 12.3. The molecule has 3 aromatic carbocycles. The zero-order valence-electron chi connectivity index (χ0n) is 18.8. The molecular weight excluding hydrogens is 466 g/mol. The van der Waals surface area contributed by atoms with E-state index in [1.807, 2.05) is 67.6 Å². The van der Waals surface area contributed by atoms with E-state index >= 15 is 0 Å². The average molecular weight is 494 g/mol. The van der Waals surface area contributed by atoms with Gasteiger partial charge >= 0.3 is 0 Å². The molecule has 166 valence electrons. The minimum Gasteiger partial charge on any atom is -0.493 e. The van der Waals surface area contributed by atoms with Gasteiger partial charge in [0, 0.05) is 11.8 Å². The Morgan fingerprint density at radius 2 is 1.84 bits per heavy atom. The van der Waals surface area contributed by atoms with Crippen LogP contribution in [0, 0.1) is 6.92 Å². The second kappa shape index (κ2) is 11.0. The van der Waals surface area contributed by atoms with Crippen molar-refractivity contribution in [1.29, 1.82) is 0 Å². The highest BCUT2D eigenvalue weighted by atomic mass is 79.9. The van der Waals surface area contributed by atoms with E-state index < -0.39 is 0 Å². The molecule has 0 aromatic heterocycles. The predicted molar refractivity (Wildman–Crippen MR) is 134 cm³/mol. The molecule has 0 aliphatic carbocycles. The molecule has 32 heavy (non-hydrogen) atoms. The van der Waals surface area contributed by atoms with Gasteiger partial charge in [0.15, 0.2) is 11.5 Å². The van der Waals surface area contributed by atoms with Gasteiger partial charge < -0.3 is 14.8 Å². The Bertz CT molecular complexity index is 1110. The quantitative estimate of drug-likeness (QED) is 0.339. The van der Waals surface area contributed by atoms with Crippen LogP contribution in [0.15, 0.2) is 71.2 Å². The van der Waals surface area contributed by atoms with E-state index in [-0.39, 0.29) is 5.91 Å². The molecule has 0 heterocycles.